The number of anilines is 1. The Balaban J connectivity index is 1.85. The fourth-order valence-electron chi connectivity index (χ4n) is 3.15. The van der Waals surface area contributed by atoms with Crippen LogP contribution in [0.25, 0.3) is 10.2 Å². The summed E-state index contributed by atoms with van der Waals surface area (Å²) in [5.74, 6) is 0. The number of hydrogen-bond acceptors (Lipinski definition) is 4. The molecule has 4 rings (SSSR count). The van der Waals surface area contributed by atoms with Crippen molar-refractivity contribution in [3.05, 3.63) is 57.7 Å². The van der Waals surface area contributed by atoms with Gasteiger partial charge in [-0.15, -0.1) is 0 Å². The number of hydrogen-bond donors (Lipinski definition) is 0. The SMILES string of the molecule is Cn1c(=O)sc2cc(S(=O)(=O)N3CCCc4ccccc43)ccc21. The van der Waals surface area contributed by atoms with E-state index in [0.717, 1.165) is 40.9 Å². The first-order chi connectivity index (χ1) is 11.5. The van der Waals surface area contributed by atoms with Gasteiger partial charge in [-0.2, -0.15) is 0 Å². The van der Waals surface area contributed by atoms with E-state index in [9.17, 15) is 13.2 Å². The van der Waals surface area contributed by atoms with E-state index in [1.54, 1.807) is 25.2 Å². The van der Waals surface area contributed by atoms with Crippen LogP contribution < -0.4 is 9.18 Å². The van der Waals surface area contributed by atoms with E-state index in [2.05, 4.69) is 0 Å². The number of nitrogens with zero attached hydrogens (tertiary/aromatic N) is 2. The molecule has 0 radical (unpaired) electrons. The minimum Gasteiger partial charge on any atom is -0.302 e. The van der Waals surface area contributed by atoms with Gasteiger partial charge in [0, 0.05) is 13.6 Å². The number of benzene rings is 2. The lowest BCUT2D eigenvalue weighted by molar-refractivity contribution is 0.586. The van der Waals surface area contributed by atoms with Crippen LogP contribution in [0.5, 0.6) is 0 Å². The van der Waals surface area contributed by atoms with E-state index in [4.69, 9.17) is 0 Å². The first kappa shape index (κ1) is 15.4. The van der Waals surface area contributed by atoms with Crippen molar-refractivity contribution in [1.29, 1.82) is 0 Å². The topological polar surface area (TPSA) is 59.4 Å². The molecule has 1 aromatic heterocycles. The first-order valence-corrected chi connectivity index (χ1v) is 9.94. The molecule has 2 heterocycles. The molecule has 5 nitrogen and oxygen atoms in total. The molecule has 0 aliphatic carbocycles. The molecule has 0 saturated heterocycles. The van der Waals surface area contributed by atoms with E-state index in [0.29, 0.717) is 11.2 Å². The van der Waals surface area contributed by atoms with Crippen molar-refractivity contribution in [3.63, 3.8) is 0 Å². The smallest absolute Gasteiger partial charge is 0.302 e. The van der Waals surface area contributed by atoms with Crippen LogP contribution in [0.15, 0.2) is 52.2 Å². The summed E-state index contributed by atoms with van der Waals surface area (Å²) in [5.41, 5.74) is 2.56. The molecule has 0 spiro atoms. The quantitative estimate of drug-likeness (QED) is 0.706. The molecule has 0 fully saturated rings. The highest BCUT2D eigenvalue weighted by Gasteiger charge is 2.29. The second kappa shape index (κ2) is 5.46. The van der Waals surface area contributed by atoms with Crippen LogP contribution in [-0.2, 0) is 23.5 Å². The molecular formula is C17H16N2O3S2. The summed E-state index contributed by atoms with van der Waals surface area (Å²) in [6, 6.07) is 12.5. The van der Waals surface area contributed by atoms with Gasteiger partial charge in [-0.25, -0.2) is 8.42 Å². The van der Waals surface area contributed by atoms with Crippen molar-refractivity contribution < 1.29 is 8.42 Å². The van der Waals surface area contributed by atoms with Gasteiger partial charge in [0.2, 0.25) is 0 Å². The molecule has 0 N–H and O–H groups in total. The number of para-hydroxylation sites is 1. The van der Waals surface area contributed by atoms with Crippen molar-refractivity contribution >= 4 is 37.3 Å². The lowest BCUT2D eigenvalue weighted by Crippen LogP contribution is -2.35. The van der Waals surface area contributed by atoms with Gasteiger partial charge in [0.1, 0.15) is 0 Å². The highest BCUT2D eigenvalue weighted by atomic mass is 32.2. The Morgan fingerprint density at radius 2 is 1.92 bits per heavy atom. The Morgan fingerprint density at radius 1 is 1.12 bits per heavy atom. The maximum Gasteiger partial charge on any atom is 0.307 e. The summed E-state index contributed by atoms with van der Waals surface area (Å²) in [5, 5.41) is 0. The summed E-state index contributed by atoms with van der Waals surface area (Å²) >= 11 is 1.07. The Morgan fingerprint density at radius 3 is 2.75 bits per heavy atom. The van der Waals surface area contributed by atoms with Crippen molar-refractivity contribution in [2.45, 2.75) is 17.7 Å². The minimum atomic E-state index is -3.64. The van der Waals surface area contributed by atoms with E-state index >= 15 is 0 Å². The molecule has 24 heavy (non-hydrogen) atoms. The zero-order chi connectivity index (χ0) is 16.9. The van der Waals surface area contributed by atoms with Gasteiger partial charge in [-0.3, -0.25) is 9.10 Å². The molecule has 2 aromatic carbocycles. The molecule has 3 aromatic rings. The zero-order valence-electron chi connectivity index (χ0n) is 13.1. The average molecular weight is 360 g/mol. The highest BCUT2D eigenvalue weighted by molar-refractivity contribution is 7.92. The van der Waals surface area contributed by atoms with Crippen LogP contribution in [-0.4, -0.2) is 19.5 Å². The van der Waals surface area contributed by atoms with Gasteiger partial charge in [0.05, 0.1) is 20.8 Å². The second-order valence-electron chi connectivity index (χ2n) is 5.87. The molecular weight excluding hydrogens is 344 g/mol. The largest absolute Gasteiger partial charge is 0.307 e. The third kappa shape index (κ3) is 2.27. The van der Waals surface area contributed by atoms with Crippen LogP contribution in [0.2, 0.25) is 0 Å². The molecule has 1 aliphatic rings. The summed E-state index contributed by atoms with van der Waals surface area (Å²) in [6.45, 7) is 0.475. The fraction of sp³-hybridized carbons (Fsp3) is 0.235. The predicted octanol–water partition coefficient (Wildman–Crippen LogP) is 2.74. The molecule has 0 unspecified atom stereocenters. The first-order valence-electron chi connectivity index (χ1n) is 7.69. The number of thiazole rings is 1. The third-order valence-corrected chi connectivity index (χ3v) is 7.22. The number of aryl methyl sites for hydroxylation is 2. The molecule has 7 heteroatoms. The monoisotopic (exact) mass is 360 g/mol. The molecule has 0 bridgehead atoms. The van der Waals surface area contributed by atoms with Crippen LogP contribution in [0.3, 0.4) is 0 Å². The average Bonchev–Trinajstić information content (AvgIpc) is 2.88. The van der Waals surface area contributed by atoms with Gasteiger partial charge in [0.15, 0.2) is 0 Å². The van der Waals surface area contributed by atoms with E-state index in [1.807, 2.05) is 24.3 Å². The number of rotatable bonds is 2. The maximum atomic E-state index is 13.1. The summed E-state index contributed by atoms with van der Waals surface area (Å²) < 4.78 is 30.0. The molecule has 1 aliphatic heterocycles. The van der Waals surface area contributed by atoms with Gasteiger partial charge < -0.3 is 4.57 Å². The number of sulfonamides is 1. The zero-order valence-corrected chi connectivity index (χ0v) is 14.7. The summed E-state index contributed by atoms with van der Waals surface area (Å²) in [7, 11) is -1.95. The lowest BCUT2D eigenvalue weighted by atomic mass is 10.0. The highest BCUT2D eigenvalue weighted by Crippen LogP contribution is 2.32. The number of aromatic nitrogens is 1. The Bertz CT molecular complexity index is 1100. The van der Waals surface area contributed by atoms with Crippen molar-refractivity contribution in [3.8, 4) is 0 Å². The van der Waals surface area contributed by atoms with Crippen LogP contribution >= 0.6 is 11.3 Å². The normalized spacial score (nSPS) is 14.8. The molecule has 0 saturated carbocycles. The van der Waals surface area contributed by atoms with Gasteiger partial charge in [0.25, 0.3) is 10.0 Å². The van der Waals surface area contributed by atoms with E-state index in [-0.39, 0.29) is 9.77 Å². The Hall–Kier alpha value is -2.12. The summed E-state index contributed by atoms with van der Waals surface area (Å²) in [6.07, 6.45) is 1.69. The third-order valence-electron chi connectivity index (χ3n) is 4.42. The number of fused-ring (bicyclic) bond motifs is 2. The molecule has 124 valence electrons. The van der Waals surface area contributed by atoms with Gasteiger partial charge >= 0.3 is 4.87 Å². The lowest BCUT2D eigenvalue weighted by Gasteiger charge is -2.30. The molecule has 0 atom stereocenters. The van der Waals surface area contributed by atoms with Crippen LogP contribution in [0.4, 0.5) is 5.69 Å². The van der Waals surface area contributed by atoms with Crippen molar-refractivity contribution in [1.82, 2.24) is 4.57 Å². The van der Waals surface area contributed by atoms with E-state index < -0.39 is 10.0 Å². The Kier molecular flexibility index (Phi) is 3.51. The Labute approximate surface area is 143 Å². The van der Waals surface area contributed by atoms with Gasteiger partial charge in [-0.05, 0) is 42.7 Å². The molecule has 0 amide bonds. The van der Waals surface area contributed by atoms with Crippen LogP contribution in [0.1, 0.15) is 12.0 Å². The maximum absolute atomic E-state index is 13.1. The predicted molar refractivity (Wildman–Crippen MR) is 96.4 cm³/mol. The minimum absolute atomic E-state index is 0.0946. The van der Waals surface area contributed by atoms with Gasteiger partial charge in [-0.1, -0.05) is 29.5 Å². The van der Waals surface area contributed by atoms with Crippen molar-refractivity contribution in [2.75, 3.05) is 10.8 Å². The van der Waals surface area contributed by atoms with E-state index in [1.165, 1.54) is 8.87 Å². The summed E-state index contributed by atoms with van der Waals surface area (Å²) in [4.78, 5) is 11.9. The standard InChI is InChI=1S/C17H16N2O3S2/c1-18-15-9-8-13(11-16(15)23-17(18)20)24(21,22)19-10-4-6-12-5-2-3-7-14(12)19/h2-3,5,7-9,11H,4,6,10H2,1H3. The van der Waals surface area contributed by atoms with Crippen LogP contribution in [0, 0.1) is 0 Å². The second-order valence-corrected chi connectivity index (χ2v) is 8.72. The van der Waals surface area contributed by atoms with Crippen molar-refractivity contribution in [2.24, 2.45) is 7.05 Å². The fourth-order valence-corrected chi connectivity index (χ4v) is 5.71.